The van der Waals surface area contributed by atoms with Gasteiger partial charge in [-0.15, -0.1) is 0 Å². The van der Waals surface area contributed by atoms with Crippen LogP contribution >= 0.6 is 11.3 Å². The van der Waals surface area contributed by atoms with Crippen LogP contribution in [0.4, 0.5) is 11.1 Å². The molecule has 3 aliphatic rings. The molecule has 8 heteroatoms. The van der Waals surface area contributed by atoms with Gasteiger partial charge in [0.05, 0.1) is 23.8 Å². The fourth-order valence-corrected chi connectivity index (χ4v) is 4.79. The molecule has 2 fully saturated rings. The summed E-state index contributed by atoms with van der Waals surface area (Å²) in [7, 11) is 0. The molecule has 7 nitrogen and oxygen atoms in total. The van der Waals surface area contributed by atoms with Gasteiger partial charge in [0.2, 0.25) is 5.95 Å². The Labute approximate surface area is 151 Å². The van der Waals surface area contributed by atoms with Crippen LogP contribution in [0.5, 0.6) is 0 Å². The molecule has 2 aromatic heterocycles. The molecule has 132 valence electrons. The van der Waals surface area contributed by atoms with Crippen LogP contribution in [0.2, 0.25) is 0 Å². The second kappa shape index (κ2) is 6.51. The quantitative estimate of drug-likeness (QED) is 0.812. The first-order valence-corrected chi connectivity index (χ1v) is 9.76. The van der Waals surface area contributed by atoms with Crippen molar-refractivity contribution in [2.75, 3.05) is 55.7 Å². The first-order chi connectivity index (χ1) is 12.4. The van der Waals surface area contributed by atoms with E-state index in [4.69, 9.17) is 9.72 Å². The summed E-state index contributed by atoms with van der Waals surface area (Å²) in [6.45, 7) is 7.91. The van der Waals surface area contributed by atoms with Crippen molar-refractivity contribution < 1.29 is 4.74 Å². The smallest absolute Gasteiger partial charge is 0.225 e. The van der Waals surface area contributed by atoms with Crippen LogP contribution in [0.15, 0.2) is 18.5 Å². The predicted octanol–water partition coefficient (Wildman–Crippen LogP) is 1.02. The zero-order chi connectivity index (χ0) is 16.6. The number of anilines is 2. The number of rotatable bonds is 3. The van der Waals surface area contributed by atoms with Crippen LogP contribution in [0.3, 0.4) is 0 Å². The molecular weight excluding hydrogens is 336 g/mol. The SMILES string of the molecule is c1cnc(N2CCN(C3CN(c4nc5c(s4)COCC5)C3)CC2)nc1. The van der Waals surface area contributed by atoms with Gasteiger partial charge in [-0.3, -0.25) is 4.90 Å². The summed E-state index contributed by atoms with van der Waals surface area (Å²) in [5.74, 6) is 0.855. The zero-order valence-corrected chi connectivity index (χ0v) is 15.0. The number of nitrogens with zero attached hydrogens (tertiary/aromatic N) is 6. The lowest BCUT2D eigenvalue weighted by molar-refractivity contribution is 0.112. The Balaban J connectivity index is 1.15. The molecule has 5 heterocycles. The summed E-state index contributed by atoms with van der Waals surface area (Å²) in [6.07, 6.45) is 4.60. The Morgan fingerprint density at radius 1 is 1.04 bits per heavy atom. The number of piperazine rings is 1. The van der Waals surface area contributed by atoms with Gasteiger partial charge in [0.1, 0.15) is 0 Å². The summed E-state index contributed by atoms with van der Waals surface area (Å²) in [6, 6.07) is 2.52. The van der Waals surface area contributed by atoms with E-state index in [2.05, 4.69) is 24.7 Å². The van der Waals surface area contributed by atoms with Gasteiger partial charge < -0.3 is 14.5 Å². The molecule has 0 bridgehead atoms. The van der Waals surface area contributed by atoms with Gasteiger partial charge >= 0.3 is 0 Å². The van der Waals surface area contributed by atoms with Crippen molar-refractivity contribution in [2.45, 2.75) is 19.1 Å². The maximum Gasteiger partial charge on any atom is 0.225 e. The molecule has 0 unspecified atom stereocenters. The highest BCUT2D eigenvalue weighted by Gasteiger charge is 2.35. The third kappa shape index (κ3) is 2.98. The fourth-order valence-electron chi connectivity index (χ4n) is 3.73. The molecule has 0 saturated carbocycles. The molecular formula is C17H22N6OS. The van der Waals surface area contributed by atoms with Crippen LogP contribution in [0, 0.1) is 0 Å². The summed E-state index contributed by atoms with van der Waals surface area (Å²) in [4.78, 5) is 22.2. The summed E-state index contributed by atoms with van der Waals surface area (Å²) in [5, 5.41) is 1.18. The molecule has 0 atom stereocenters. The highest BCUT2D eigenvalue weighted by Crippen LogP contribution is 2.33. The third-order valence-corrected chi connectivity index (χ3v) is 6.41. The lowest BCUT2D eigenvalue weighted by atomic mass is 10.1. The maximum atomic E-state index is 5.53. The van der Waals surface area contributed by atoms with E-state index in [1.807, 2.05) is 29.8 Å². The minimum Gasteiger partial charge on any atom is -0.375 e. The second-order valence-electron chi connectivity index (χ2n) is 6.80. The average molecular weight is 358 g/mol. The van der Waals surface area contributed by atoms with Gasteiger partial charge in [-0.1, -0.05) is 11.3 Å². The average Bonchev–Trinajstić information content (AvgIpc) is 3.05. The topological polar surface area (TPSA) is 57.6 Å². The van der Waals surface area contributed by atoms with Gasteiger partial charge in [-0.25, -0.2) is 15.0 Å². The molecule has 2 saturated heterocycles. The molecule has 0 amide bonds. The van der Waals surface area contributed by atoms with Gasteiger partial charge in [-0.2, -0.15) is 0 Å². The lowest BCUT2D eigenvalue weighted by Gasteiger charge is -2.48. The number of hydrogen-bond acceptors (Lipinski definition) is 8. The molecule has 5 rings (SSSR count). The van der Waals surface area contributed by atoms with E-state index in [0.717, 1.165) is 64.9 Å². The third-order valence-electron chi connectivity index (χ3n) is 5.28. The monoisotopic (exact) mass is 358 g/mol. The van der Waals surface area contributed by atoms with E-state index in [0.29, 0.717) is 6.04 Å². The van der Waals surface area contributed by atoms with Gasteiger partial charge in [0.15, 0.2) is 5.13 Å². The van der Waals surface area contributed by atoms with Crippen molar-refractivity contribution in [1.82, 2.24) is 19.9 Å². The standard InChI is InChI=1S/C17H22N6OS/c1-3-18-16(19-4-1)22-7-5-21(6-8-22)13-10-23(11-13)17-20-14-2-9-24-12-15(14)25-17/h1,3-4,13H,2,5-12H2. The number of thiazole rings is 1. The van der Waals surface area contributed by atoms with E-state index < -0.39 is 0 Å². The first kappa shape index (κ1) is 15.5. The largest absolute Gasteiger partial charge is 0.375 e. The Bertz CT molecular complexity index is 700. The summed E-state index contributed by atoms with van der Waals surface area (Å²) in [5.41, 5.74) is 1.26. The molecule has 2 aromatic rings. The van der Waals surface area contributed by atoms with Crippen molar-refractivity contribution in [2.24, 2.45) is 0 Å². The van der Waals surface area contributed by atoms with E-state index in [9.17, 15) is 0 Å². The number of hydrogen-bond donors (Lipinski definition) is 0. The van der Waals surface area contributed by atoms with E-state index in [1.165, 1.54) is 15.7 Å². The molecule has 0 spiro atoms. The highest BCUT2D eigenvalue weighted by atomic mass is 32.1. The molecule has 0 aliphatic carbocycles. The lowest BCUT2D eigenvalue weighted by Crippen LogP contribution is -2.63. The van der Waals surface area contributed by atoms with Crippen molar-refractivity contribution in [3.8, 4) is 0 Å². The van der Waals surface area contributed by atoms with Gasteiger partial charge in [0, 0.05) is 64.1 Å². The Hall–Kier alpha value is -1.77. The van der Waals surface area contributed by atoms with Crippen molar-refractivity contribution >= 4 is 22.4 Å². The minimum absolute atomic E-state index is 0.649. The number of fused-ring (bicyclic) bond motifs is 1. The maximum absolute atomic E-state index is 5.53. The number of ether oxygens (including phenoxy) is 1. The van der Waals surface area contributed by atoms with E-state index >= 15 is 0 Å². The first-order valence-electron chi connectivity index (χ1n) is 8.94. The fraction of sp³-hybridized carbons (Fsp3) is 0.588. The van der Waals surface area contributed by atoms with Crippen molar-refractivity contribution in [3.63, 3.8) is 0 Å². The van der Waals surface area contributed by atoms with Crippen LogP contribution in [0.25, 0.3) is 0 Å². The van der Waals surface area contributed by atoms with E-state index in [1.54, 1.807) is 0 Å². The Kier molecular flexibility index (Phi) is 4.03. The minimum atomic E-state index is 0.649. The predicted molar refractivity (Wildman–Crippen MR) is 97.3 cm³/mol. The molecule has 0 radical (unpaired) electrons. The van der Waals surface area contributed by atoms with Crippen LogP contribution in [-0.2, 0) is 17.8 Å². The zero-order valence-electron chi connectivity index (χ0n) is 14.2. The van der Waals surface area contributed by atoms with Gasteiger partial charge in [0.25, 0.3) is 0 Å². The Morgan fingerprint density at radius 2 is 1.84 bits per heavy atom. The van der Waals surface area contributed by atoms with Crippen LogP contribution < -0.4 is 9.80 Å². The number of aromatic nitrogens is 3. The molecule has 0 aromatic carbocycles. The summed E-state index contributed by atoms with van der Waals surface area (Å²) >= 11 is 1.81. The highest BCUT2D eigenvalue weighted by molar-refractivity contribution is 7.15. The second-order valence-corrected chi connectivity index (χ2v) is 7.86. The Morgan fingerprint density at radius 3 is 2.60 bits per heavy atom. The van der Waals surface area contributed by atoms with Crippen LogP contribution in [-0.4, -0.2) is 71.8 Å². The molecule has 25 heavy (non-hydrogen) atoms. The van der Waals surface area contributed by atoms with Crippen molar-refractivity contribution in [1.29, 1.82) is 0 Å². The van der Waals surface area contributed by atoms with Crippen molar-refractivity contribution in [3.05, 3.63) is 29.0 Å². The van der Waals surface area contributed by atoms with E-state index in [-0.39, 0.29) is 0 Å². The summed E-state index contributed by atoms with van der Waals surface area (Å²) < 4.78 is 5.53. The molecule has 0 N–H and O–H groups in total. The molecule has 3 aliphatic heterocycles. The van der Waals surface area contributed by atoms with Gasteiger partial charge in [-0.05, 0) is 6.07 Å². The van der Waals surface area contributed by atoms with Crippen LogP contribution in [0.1, 0.15) is 10.6 Å². The normalized spacial score (nSPS) is 21.9.